The highest BCUT2D eigenvalue weighted by atomic mass is 16.2. The van der Waals surface area contributed by atoms with Gasteiger partial charge in [0.2, 0.25) is 0 Å². The molecule has 0 saturated carbocycles. The molecule has 0 unspecified atom stereocenters. The number of amides is 1. The third kappa shape index (κ3) is 2.69. The Morgan fingerprint density at radius 2 is 2.12 bits per heavy atom. The monoisotopic (exact) mass is 230 g/mol. The van der Waals surface area contributed by atoms with Crippen LogP contribution in [0.1, 0.15) is 23.0 Å². The van der Waals surface area contributed by atoms with Crippen molar-refractivity contribution in [2.45, 2.75) is 13.5 Å². The van der Waals surface area contributed by atoms with Crippen molar-refractivity contribution in [3.8, 4) is 0 Å². The highest BCUT2D eigenvalue weighted by molar-refractivity contribution is 5.91. The summed E-state index contributed by atoms with van der Waals surface area (Å²) >= 11 is 0. The van der Waals surface area contributed by atoms with Crippen molar-refractivity contribution >= 4 is 5.91 Å². The number of carbonyl (C=O) groups excluding carboxylic acids is 1. The Kier molecular flexibility index (Phi) is 3.49. The summed E-state index contributed by atoms with van der Waals surface area (Å²) in [5.74, 6) is -0.106. The van der Waals surface area contributed by atoms with Gasteiger partial charge in [-0.25, -0.2) is 0 Å². The molecule has 0 atom stereocenters. The molecule has 1 aromatic carbocycles. The van der Waals surface area contributed by atoms with Crippen LogP contribution in [0.25, 0.3) is 0 Å². The molecular formula is C12H14N4O. The van der Waals surface area contributed by atoms with Gasteiger partial charge >= 0.3 is 0 Å². The van der Waals surface area contributed by atoms with Crippen molar-refractivity contribution in [1.82, 2.24) is 20.3 Å². The van der Waals surface area contributed by atoms with Gasteiger partial charge in [-0.05, 0) is 12.5 Å². The van der Waals surface area contributed by atoms with Gasteiger partial charge in [-0.15, -0.1) is 0 Å². The van der Waals surface area contributed by atoms with E-state index in [2.05, 4.69) is 15.4 Å². The van der Waals surface area contributed by atoms with Crippen molar-refractivity contribution in [3.05, 3.63) is 47.8 Å². The second kappa shape index (κ2) is 5.25. The van der Waals surface area contributed by atoms with Gasteiger partial charge in [-0.1, -0.05) is 30.3 Å². The third-order valence-corrected chi connectivity index (χ3v) is 2.52. The van der Waals surface area contributed by atoms with Crippen LogP contribution in [-0.4, -0.2) is 32.8 Å². The van der Waals surface area contributed by atoms with E-state index in [4.69, 9.17) is 0 Å². The first-order chi connectivity index (χ1) is 8.31. The van der Waals surface area contributed by atoms with Crippen LogP contribution in [0.5, 0.6) is 0 Å². The van der Waals surface area contributed by atoms with Crippen LogP contribution in [0.2, 0.25) is 0 Å². The fourth-order valence-electron chi connectivity index (χ4n) is 1.60. The second-order valence-corrected chi connectivity index (χ2v) is 3.66. The maximum absolute atomic E-state index is 12.0. The lowest BCUT2D eigenvalue weighted by atomic mass is 10.2. The van der Waals surface area contributed by atoms with Crippen LogP contribution in [-0.2, 0) is 6.54 Å². The SMILES string of the molecule is CCN(Cc1ccccc1)C(=O)c1cn[nH]n1. The Labute approximate surface area is 99.5 Å². The molecule has 0 fully saturated rings. The zero-order valence-corrected chi connectivity index (χ0v) is 9.63. The van der Waals surface area contributed by atoms with Gasteiger partial charge in [0.1, 0.15) is 0 Å². The first kappa shape index (κ1) is 11.3. The number of aromatic nitrogens is 3. The van der Waals surface area contributed by atoms with E-state index in [-0.39, 0.29) is 5.91 Å². The molecule has 1 amide bonds. The van der Waals surface area contributed by atoms with Crippen LogP contribution in [0.3, 0.4) is 0 Å². The van der Waals surface area contributed by atoms with Crippen LogP contribution in [0.15, 0.2) is 36.5 Å². The number of rotatable bonds is 4. The Hall–Kier alpha value is -2.17. The van der Waals surface area contributed by atoms with Crippen molar-refractivity contribution < 1.29 is 4.79 Å². The average Bonchev–Trinajstić information content (AvgIpc) is 2.90. The summed E-state index contributed by atoms with van der Waals surface area (Å²) in [5.41, 5.74) is 1.45. The van der Waals surface area contributed by atoms with Crippen molar-refractivity contribution in [3.63, 3.8) is 0 Å². The molecule has 0 spiro atoms. The van der Waals surface area contributed by atoms with Crippen molar-refractivity contribution in [2.75, 3.05) is 6.54 Å². The molecule has 0 bridgehead atoms. The molecule has 88 valence electrons. The van der Waals surface area contributed by atoms with E-state index in [1.807, 2.05) is 37.3 Å². The van der Waals surface area contributed by atoms with Crippen LogP contribution in [0.4, 0.5) is 0 Å². The van der Waals surface area contributed by atoms with E-state index in [0.717, 1.165) is 5.56 Å². The minimum Gasteiger partial charge on any atom is -0.333 e. The summed E-state index contributed by atoms with van der Waals surface area (Å²) < 4.78 is 0. The molecular weight excluding hydrogens is 216 g/mol. The minimum atomic E-state index is -0.106. The molecule has 0 saturated heterocycles. The maximum Gasteiger partial charge on any atom is 0.276 e. The van der Waals surface area contributed by atoms with E-state index in [1.54, 1.807) is 4.90 Å². The van der Waals surface area contributed by atoms with E-state index in [9.17, 15) is 4.79 Å². The predicted molar refractivity (Wildman–Crippen MR) is 63.2 cm³/mol. The topological polar surface area (TPSA) is 61.9 Å². The molecule has 0 radical (unpaired) electrons. The van der Waals surface area contributed by atoms with Gasteiger partial charge < -0.3 is 4.90 Å². The van der Waals surface area contributed by atoms with Gasteiger partial charge in [-0.3, -0.25) is 4.79 Å². The first-order valence-corrected chi connectivity index (χ1v) is 5.50. The Morgan fingerprint density at radius 1 is 1.35 bits per heavy atom. The van der Waals surface area contributed by atoms with Gasteiger partial charge in [0, 0.05) is 13.1 Å². The lowest BCUT2D eigenvalue weighted by Crippen LogP contribution is -2.30. The third-order valence-electron chi connectivity index (χ3n) is 2.52. The standard InChI is InChI=1S/C12H14N4O/c1-2-16(9-10-6-4-3-5-7-10)12(17)11-8-13-15-14-11/h3-8H,2,9H2,1H3,(H,13,14,15). The number of nitrogens with one attached hydrogen (secondary N) is 1. The van der Waals surface area contributed by atoms with E-state index < -0.39 is 0 Å². The Morgan fingerprint density at radius 3 is 2.71 bits per heavy atom. The lowest BCUT2D eigenvalue weighted by molar-refractivity contribution is 0.0746. The molecule has 2 aromatic rings. The van der Waals surface area contributed by atoms with Crippen molar-refractivity contribution in [1.29, 1.82) is 0 Å². The zero-order chi connectivity index (χ0) is 12.1. The first-order valence-electron chi connectivity index (χ1n) is 5.50. The number of hydrogen-bond acceptors (Lipinski definition) is 3. The highest BCUT2D eigenvalue weighted by Gasteiger charge is 2.16. The number of H-pyrrole nitrogens is 1. The molecule has 0 aliphatic heterocycles. The van der Waals surface area contributed by atoms with Crippen LogP contribution >= 0.6 is 0 Å². The normalized spacial score (nSPS) is 10.2. The van der Waals surface area contributed by atoms with E-state index in [1.165, 1.54) is 6.20 Å². The molecule has 1 heterocycles. The van der Waals surface area contributed by atoms with Gasteiger partial charge in [0.15, 0.2) is 5.69 Å². The summed E-state index contributed by atoms with van der Waals surface area (Å²) in [5, 5.41) is 9.89. The summed E-state index contributed by atoms with van der Waals surface area (Å²) in [7, 11) is 0. The molecule has 0 aliphatic carbocycles. The Balaban J connectivity index is 2.10. The van der Waals surface area contributed by atoms with Crippen molar-refractivity contribution in [2.24, 2.45) is 0 Å². The van der Waals surface area contributed by atoms with Crippen LogP contribution < -0.4 is 0 Å². The predicted octanol–water partition coefficient (Wildman–Crippen LogP) is 1.47. The van der Waals surface area contributed by atoms with Gasteiger partial charge in [0.05, 0.1) is 6.20 Å². The van der Waals surface area contributed by atoms with Gasteiger partial charge in [0.25, 0.3) is 5.91 Å². The summed E-state index contributed by atoms with van der Waals surface area (Å²) in [6, 6.07) is 9.88. The van der Waals surface area contributed by atoms with Crippen LogP contribution in [0, 0.1) is 0 Å². The lowest BCUT2D eigenvalue weighted by Gasteiger charge is -2.19. The minimum absolute atomic E-state index is 0.106. The smallest absolute Gasteiger partial charge is 0.276 e. The zero-order valence-electron chi connectivity index (χ0n) is 9.63. The average molecular weight is 230 g/mol. The number of aromatic amines is 1. The molecule has 5 heteroatoms. The molecule has 1 aromatic heterocycles. The summed E-state index contributed by atoms with van der Waals surface area (Å²) in [4.78, 5) is 13.8. The number of nitrogens with zero attached hydrogens (tertiary/aromatic N) is 3. The van der Waals surface area contributed by atoms with E-state index in [0.29, 0.717) is 18.8 Å². The number of hydrogen-bond donors (Lipinski definition) is 1. The fraction of sp³-hybridized carbons (Fsp3) is 0.250. The molecule has 0 aliphatic rings. The number of carbonyl (C=O) groups is 1. The molecule has 17 heavy (non-hydrogen) atoms. The maximum atomic E-state index is 12.0. The number of benzene rings is 1. The summed E-state index contributed by atoms with van der Waals surface area (Å²) in [6.07, 6.45) is 1.44. The quantitative estimate of drug-likeness (QED) is 0.865. The summed E-state index contributed by atoms with van der Waals surface area (Å²) in [6.45, 7) is 3.17. The van der Waals surface area contributed by atoms with E-state index >= 15 is 0 Å². The molecule has 5 nitrogen and oxygen atoms in total. The molecule has 1 N–H and O–H groups in total. The second-order valence-electron chi connectivity index (χ2n) is 3.66. The largest absolute Gasteiger partial charge is 0.333 e. The highest BCUT2D eigenvalue weighted by Crippen LogP contribution is 2.07. The van der Waals surface area contributed by atoms with Gasteiger partial charge in [-0.2, -0.15) is 15.4 Å². The Bertz CT molecular complexity index is 467. The fourth-order valence-corrected chi connectivity index (χ4v) is 1.60. The molecule has 2 rings (SSSR count).